The minimum atomic E-state index is -3.47. The van der Waals surface area contributed by atoms with Crippen LogP contribution < -0.4 is 10.0 Å². The van der Waals surface area contributed by atoms with E-state index in [1.54, 1.807) is 29.3 Å². The Kier molecular flexibility index (Phi) is 8.32. The van der Waals surface area contributed by atoms with Gasteiger partial charge in [-0.3, -0.25) is 4.99 Å². The van der Waals surface area contributed by atoms with Crippen LogP contribution in [0.25, 0.3) is 0 Å². The second-order valence-electron chi connectivity index (χ2n) is 5.74. The Morgan fingerprint density at radius 2 is 1.96 bits per heavy atom. The molecule has 9 nitrogen and oxygen atoms in total. The minimum Gasteiger partial charge on any atom is -0.450 e. The maximum atomic E-state index is 12.1. The van der Waals surface area contributed by atoms with E-state index in [2.05, 4.69) is 19.9 Å². The number of thiophene rings is 1. The van der Waals surface area contributed by atoms with Crippen molar-refractivity contribution in [2.45, 2.75) is 18.1 Å². The molecule has 2 rings (SSSR count). The first-order valence-electron chi connectivity index (χ1n) is 8.96. The zero-order valence-corrected chi connectivity index (χ0v) is 17.3. The molecule has 27 heavy (non-hydrogen) atoms. The Morgan fingerprint density at radius 3 is 2.56 bits per heavy atom. The summed E-state index contributed by atoms with van der Waals surface area (Å²) in [6.45, 7) is 7.80. The fraction of sp³-hybridized carbons (Fsp3) is 0.625. The molecule has 0 aromatic carbocycles. The average molecular weight is 418 g/mol. The van der Waals surface area contributed by atoms with E-state index in [1.165, 1.54) is 11.3 Å². The van der Waals surface area contributed by atoms with E-state index in [-0.39, 0.29) is 12.6 Å². The second kappa shape index (κ2) is 10.5. The van der Waals surface area contributed by atoms with E-state index in [1.807, 2.05) is 6.92 Å². The van der Waals surface area contributed by atoms with Gasteiger partial charge in [-0.1, -0.05) is 6.07 Å². The summed E-state index contributed by atoms with van der Waals surface area (Å²) in [5.74, 6) is 0.719. The van der Waals surface area contributed by atoms with E-state index in [4.69, 9.17) is 4.74 Å². The summed E-state index contributed by atoms with van der Waals surface area (Å²) < 4.78 is 32.1. The lowest BCUT2D eigenvalue weighted by Gasteiger charge is -2.35. The van der Waals surface area contributed by atoms with Crippen molar-refractivity contribution in [3.05, 3.63) is 17.5 Å². The van der Waals surface area contributed by atoms with E-state index in [0.29, 0.717) is 50.1 Å². The molecule has 0 aliphatic carbocycles. The van der Waals surface area contributed by atoms with Crippen molar-refractivity contribution in [3.8, 4) is 0 Å². The Bertz CT molecular complexity index is 713. The van der Waals surface area contributed by atoms with Crippen molar-refractivity contribution in [1.82, 2.24) is 19.8 Å². The molecule has 2 N–H and O–H groups in total. The zero-order chi connectivity index (χ0) is 19.7. The highest BCUT2D eigenvalue weighted by molar-refractivity contribution is 7.91. The quantitative estimate of drug-likeness (QED) is 0.386. The molecule has 152 valence electrons. The molecule has 1 aliphatic rings. The van der Waals surface area contributed by atoms with Gasteiger partial charge in [-0.25, -0.2) is 17.9 Å². The summed E-state index contributed by atoms with van der Waals surface area (Å²) in [4.78, 5) is 20.0. The first-order chi connectivity index (χ1) is 13.0. The highest BCUT2D eigenvalue weighted by atomic mass is 32.2. The lowest BCUT2D eigenvalue weighted by molar-refractivity contribution is 0.0914. The lowest BCUT2D eigenvalue weighted by atomic mass is 10.3. The normalized spacial score (nSPS) is 15.7. The molecule has 1 amide bonds. The molecule has 1 aromatic rings. The number of hydrogen-bond acceptors (Lipinski definition) is 6. The van der Waals surface area contributed by atoms with Crippen molar-refractivity contribution in [2.24, 2.45) is 4.99 Å². The van der Waals surface area contributed by atoms with Gasteiger partial charge in [0, 0.05) is 39.3 Å². The monoisotopic (exact) mass is 417 g/mol. The Balaban J connectivity index is 1.85. The van der Waals surface area contributed by atoms with Gasteiger partial charge in [0.15, 0.2) is 5.96 Å². The molecule has 1 saturated heterocycles. The van der Waals surface area contributed by atoms with Gasteiger partial charge in [0.25, 0.3) is 0 Å². The first kappa shape index (κ1) is 21.5. The third-order valence-corrected chi connectivity index (χ3v) is 6.72. The molecule has 0 atom stereocenters. The van der Waals surface area contributed by atoms with Gasteiger partial charge in [-0.15, -0.1) is 11.3 Å². The van der Waals surface area contributed by atoms with Crippen LogP contribution in [0.2, 0.25) is 0 Å². The van der Waals surface area contributed by atoms with Crippen molar-refractivity contribution < 1.29 is 17.9 Å². The van der Waals surface area contributed by atoms with E-state index in [0.717, 1.165) is 5.96 Å². The van der Waals surface area contributed by atoms with Crippen molar-refractivity contribution in [3.63, 3.8) is 0 Å². The maximum absolute atomic E-state index is 12.1. The van der Waals surface area contributed by atoms with Gasteiger partial charge in [0.2, 0.25) is 10.0 Å². The van der Waals surface area contributed by atoms with Crippen LogP contribution in [0, 0.1) is 0 Å². The summed E-state index contributed by atoms with van der Waals surface area (Å²) >= 11 is 1.18. The van der Waals surface area contributed by atoms with E-state index in [9.17, 15) is 13.2 Å². The number of aliphatic imine (C=N–C) groups is 1. The number of piperazine rings is 1. The molecule has 0 unspecified atom stereocenters. The van der Waals surface area contributed by atoms with Crippen LogP contribution in [-0.4, -0.2) is 82.7 Å². The third kappa shape index (κ3) is 6.36. The number of nitrogens with one attached hydrogen (secondary N) is 2. The number of carbonyl (C=O) groups is 1. The Morgan fingerprint density at radius 1 is 1.26 bits per heavy atom. The van der Waals surface area contributed by atoms with Gasteiger partial charge in [0.1, 0.15) is 4.21 Å². The molecular formula is C16H27N5O4S2. The van der Waals surface area contributed by atoms with Gasteiger partial charge in [-0.2, -0.15) is 0 Å². The first-order valence-corrected chi connectivity index (χ1v) is 11.3. The summed E-state index contributed by atoms with van der Waals surface area (Å²) in [6, 6.07) is 3.28. The largest absolute Gasteiger partial charge is 0.450 e. The van der Waals surface area contributed by atoms with E-state index >= 15 is 0 Å². The molecule has 11 heteroatoms. The summed E-state index contributed by atoms with van der Waals surface area (Å²) in [7, 11) is -3.47. The second-order valence-corrected chi connectivity index (χ2v) is 8.68. The third-order valence-electron chi connectivity index (χ3n) is 3.87. The van der Waals surface area contributed by atoms with Crippen molar-refractivity contribution in [2.75, 3.05) is 52.4 Å². The number of sulfonamides is 1. The van der Waals surface area contributed by atoms with Crippen molar-refractivity contribution >= 4 is 33.4 Å². The predicted octanol–water partition coefficient (Wildman–Crippen LogP) is 0.766. The molecule has 0 bridgehead atoms. The molecule has 1 aromatic heterocycles. The Hall–Kier alpha value is -1.85. The number of carbonyl (C=O) groups excluding carboxylic acids is 1. The molecular weight excluding hydrogens is 390 g/mol. The smallest absolute Gasteiger partial charge is 0.409 e. The van der Waals surface area contributed by atoms with Crippen molar-refractivity contribution in [1.29, 1.82) is 0 Å². The average Bonchev–Trinajstić information content (AvgIpc) is 3.20. The number of rotatable bonds is 7. The van der Waals surface area contributed by atoms with Gasteiger partial charge in [-0.05, 0) is 25.3 Å². The number of guanidine groups is 1. The topological polar surface area (TPSA) is 103 Å². The van der Waals surface area contributed by atoms with Crippen LogP contribution in [0.5, 0.6) is 0 Å². The molecule has 0 saturated carbocycles. The van der Waals surface area contributed by atoms with E-state index < -0.39 is 10.0 Å². The molecule has 0 radical (unpaired) electrons. The zero-order valence-electron chi connectivity index (χ0n) is 15.7. The van der Waals surface area contributed by atoms with Crippen LogP contribution >= 0.6 is 11.3 Å². The van der Waals surface area contributed by atoms with Gasteiger partial charge >= 0.3 is 6.09 Å². The van der Waals surface area contributed by atoms with Gasteiger partial charge in [0.05, 0.1) is 13.2 Å². The fourth-order valence-corrected chi connectivity index (χ4v) is 4.63. The highest BCUT2D eigenvalue weighted by Crippen LogP contribution is 2.14. The number of nitrogens with zero attached hydrogens (tertiary/aromatic N) is 3. The van der Waals surface area contributed by atoms with Gasteiger partial charge < -0.3 is 19.9 Å². The minimum absolute atomic E-state index is 0.220. The SMILES string of the molecule is CCNC(=NCCNS(=O)(=O)c1cccs1)N1CCN(C(=O)OCC)CC1. The van der Waals surface area contributed by atoms with Crippen LogP contribution in [0.1, 0.15) is 13.8 Å². The fourth-order valence-electron chi connectivity index (χ4n) is 2.57. The van der Waals surface area contributed by atoms with Crippen LogP contribution in [0.15, 0.2) is 26.7 Å². The molecule has 2 heterocycles. The molecule has 1 aliphatic heterocycles. The number of amides is 1. The van der Waals surface area contributed by atoms with Crippen LogP contribution in [0.4, 0.5) is 4.79 Å². The summed E-state index contributed by atoms with van der Waals surface area (Å²) in [5.41, 5.74) is 0. The van der Waals surface area contributed by atoms with Crippen LogP contribution in [0.3, 0.4) is 0 Å². The summed E-state index contributed by atoms with van der Waals surface area (Å²) in [6.07, 6.45) is -0.290. The van der Waals surface area contributed by atoms with Crippen LogP contribution in [-0.2, 0) is 14.8 Å². The molecule has 0 spiro atoms. The lowest BCUT2D eigenvalue weighted by Crippen LogP contribution is -2.54. The predicted molar refractivity (Wildman–Crippen MR) is 106 cm³/mol. The highest BCUT2D eigenvalue weighted by Gasteiger charge is 2.23. The number of ether oxygens (including phenoxy) is 1. The Labute approximate surface area is 164 Å². The number of hydrogen-bond donors (Lipinski definition) is 2. The summed E-state index contributed by atoms with van der Waals surface area (Å²) in [5, 5.41) is 4.94. The molecule has 1 fully saturated rings. The maximum Gasteiger partial charge on any atom is 0.409 e. The standard InChI is InChI=1S/C16H27N5O4S2/c1-3-17-15(20-9-11-21(12-10-20)16(22)25-4-2)18-7-8-19-27(23,24)14-6-5-13-26-14/h5-6,13,19H,3-4,7-12H2,1-2H3,(H,17,18).